The molecule has 3 aliphatic rings. The number of methoxy groups -OCH3 is 1. The first-order chi connectivity index (χ1) is 12.8. The maximum absolute atomic E-state index is 12.0. The van der Waals surface area contributed by atoms with Gasteiger partial charge in [-0.15, -0.1) is 11.6 Å². The molecule has 2 amide bonds. The number of carbonyl (C=O) groups excluding carboxylic acids is 2. The van der Waals surface area contributed by atoms with Gasteiger partial charge in [-0.3, -0.25) is 10.1 Å². The molecular formula is C19H28ClNO6. The van der Waals surface area contributed by atoms with Crippen molar-refractivity contribution < 1.29 is 28.5 Å². The van der Waals surface area contributed by atoms with Crippen LogP contribution < -0.4 is 5.32 Å². The second-order valence-electron chi connectivity index (χ2n) is 8.00. The van der Waals surface area contributed by atoms with E-state index in [0.717, 1.165) is 12.8 Å². The van der Waals surface area contributed by atoms with Gasteiger partial charge in [-0.25, -0.2) is 4.79 Å². The molecule has 8 heteroatoms. The molecule has 0 aromatic rings. The molecule has 7 nitrogen and oxygen atoms in total. The number of alkyl halides is 1. The summed E-state index contributed by atoms with van der Waals surface area (Å²) in [6.45, 7) is 6.87. The quantitative estimate of drug-likeness (QED) is 0.418. The van der Waals surface area contributed by atoms with Crippen LogP contribution in [0, 0.1) is 5.92 Å². The zero-order valence-corrected chi connectivity index (χ0v) is 17.0. The molecule has 2 aliphatic heterocycles. The van der Waals surface area contributed by atoms with Gasteiger partial charge in [-0.1, -0.05) is 11.6 Å². The Morgan fingerprint density at radius 3 is 2.63 bits per heavy atom. The fourth-order valence-electron chi connectivity index (χ4n) is 4.38. The molecule has 0 aromatic carbocycles. The molecule has 3 rings (SSSR count). The molecule has 0 unspecified atom stereocenters. The van der Waals surface area contributed by atoms with E-state index < -0.39 is 23.7 Å². The lowest BCUT2D eigenvalue weighted by molar-refractivity contribution is -0.124. The van der Waals surface area contributed by atoms with Crippen molar-refractivity contribution in [3.05, 3.63) is 11.6 Å². The summed E-state index contributed by atoms with van der Waals surface area (Å²) in [6, 6.07) is 0. The van der Waals surface area contributed by atoms with Crippen LogP contribution in [0.1, 0.15) is 40.0 Å². The minimum absolute atomic E-state index is 0.0548. The number of ether oxygens (including phenoxy) is 4. The number of imide groups is 1. The Morgan fingerprint density at radius 1 is 1.37 bits per heavy atom. The summed E-state index contributed by atoms with van der Waals surface area (Å²) >= 11 is 5.42. The number of carbonyl (C=O) groups is 2. The predicted octanol–water partition coefficient (Wildman–Crippen LogP) is 2.55. The highest BCUT2D eigenvalue weighted by Crippen LogP contribution is 2.59. The zero-order valence-electron chi connectivity index (χ0n) is 16.2. The zero-order chi connectivity index (χ0) is 19.8. The van der Waals surface area contributed by atoms with Crippen LogP contribution in [-0.2, 0) is 23.7 Å². The molecule has 0 radical (unpaired) electrons. The molecule has 0 aromatic heterocycles. The Kier molecular flexibility index (Phi) is 5.87. The van der Waals surface area contributed by atoms with Gasteiger partial charge in [-0.2, -0.15) is 0 Å². The largest absolute Gasteiger partial charge is 0.443 e. The number of epoxide rings is 2. The number of rotatable bonds is 6. The fourth-order valence-corrected chi connectivity index (χ4v) is 4.45. The molecule has 6 atom stereocenters. The van der Waals surface area contributed by atoms with Crippen LogP contribution in [0.4, 0.5) is 4.79 Å². The first-order valence-corrected chi connectivity index (χ1v) is 9.83. The van der Waals surface area contributed by atoms with Crippen molar-refractivity contribution in [1.29, 1.82) is 0 Å². The SMILES string of the molecule is CO[C@@H]1[C@@H](OC(=O)NC(=O)CCl)CC[C@]2(CO2)[C@@H]1[C@@]1(C)O[C@@H]1CC=C(C)C. The number of alkyl carbamates (subject to hydrolysis) is 1. The maximum atomic E-state index is 12.0. The van der Waals surface area contributed by atoms with E-state index in [-0.39, 0.29) is 29.6 Å². The Balaban J connectivity index is 1.73. The van der Waals surface area contributed by atoms with Crippen molar-refractivity contribution in [2.24, 2.45) is 5.92 Å². The first-order valence-electron chi connectivity index (χ1n) is 9.30. The van der Waals surface area contributed by atoms with Gasteiger partial charge in [0, 0.05) is 7.11 Å². The van der Waals surface area contributed by atoms with Crippen LogP contribution in [0.5, 0.6) is 0 Å². The molecule has 1 spiro atoms. The topological polar surface area (TPSA) is 89.7 Å². The van der Waals surface area contributed by atoms with Crippen LogP contribution in [0.15, 0.2) is 11.6 Å². The minimum atomic E-state index is -0.804. The van der Waals surface area contributed by atoms with Gasteiger partial charge >= 0.3 is 6.09 Å². The molecule has 27 heavy (non-hydrogen) atoms. The van der Waals surface area contributed by atoms with E-state index in [9.17, 15) is 9.59 Å². The Bertz CT molecular complexity index is 630. The van der Waals surface area contributed by atoms with Crippen LogP contribution in [0.2, 0.25) is 0 Å². The van der Waals surface area contributed by atoms with Gasteiger partial charge in [-0.05, 0) is 40.0 Å². The van der Waals surface area contributed by atoms with Gasteiger partial charge in [0.1, 0.15) is 29.3 Å². The van der Waals surface area contributed by atoms with Crippen molar-refractivity contribution in [3.63, 3.8) is 0 Å². The lowest BCUT2D eigenvalue weighted by atomic mass is 9.68. The van der Waals surface area contributed by atoms with E-state index in [1.54, 1.807) is 7.11 Å². The van der Waals surface area contributed by atoms with E-state index >= 15 is 0 Å². The highest BCUT2D eigenvalue weighted by molar-refractivity contribution is 6.28. The summed E-state index contributed by atoms with van der Waals surface area (Å²) in [7, 11) is 1.61. The molecule has 2 heterocycles. The van der Waals surface area contributed by atoms with Crippen LogP contribution >= 0.6 is 11.6 Å². The Morgan fingerprint density at radius 2 is 2.07 bits per heavy atom. The first kappa shape index (κ1) is 20.6. The maximum Gasteiger partial charge on any atom is 0.414 e. The predicted molar refractivity (Wildman–Crippen MR) is 98.7 cm³/mol. The minimum Gasteiger partial charge on any atom is -0.443 e. The Labute approximate surface area is 164 Å². The lowest BCUT2D eigenvalue weighted by Gasteiger charge is -2.42. The highest BCUT2D eigenvalue weighted by atomic mass is 35.5. The molecule has 3 fully saturated rings. The number of halogens is 1. The van der Waals surface area contributed by atoms with Crippen LogP contribution in [0.25, 0.3) is 0 Å². The van der Waals surface area contributed by atoms with Gasteiger partial charge in [0.2, 0.25) is 5.91 Å². The monoisotopic (exact) mass is 401 g/mol. The molecule has 1 saturated carbocycles. The third-order valence-corrected chi connectivity index (χ3v) is 6.10. The van der Waals surface area contributed by atoms with Crippen molar-refractivity contribution >= 4 is 23.6 Å². The van der Waals surface area contributed by atoms with Gasteiger partial charge in [0.05, 0.1) is 18.6 Å². The van der Waals surface area contributed by atoms with E-state index in [4.69, 9.17) is 30.5 Å². The van der Waals surface area contributed by atoms with Crippen molar-refractivity contribution in [2.45, 2.75) is 69.5 Å². The average Bonchev–Trinajstić information content (AvgIpc) is 3.52. The van der Waals surface area contributed by atoms with Gasteiger partial charge < -0.3 is 18.9 Å². The second kappa shape index (κ2) is 7.70. The number of allylic oxidation sites excluding steroid dienone is 1. The molecule has 0 bridgehead atoms. The third-order valence-electron chi connectivity index (χ3n) is 5.86. The highest BCUT2D eigenvalue weighted by Gasteiger charge is 2.72. The molecule has 2 saturated heterocycles. The standard InChI is InChI=1S/C19H28ClNO6/c1-11(2)5-6-13-18(3,27-13)16-15(24-4)12(7-8-19(16)10-25-19)26-17(23)21-14(22)9-20/h5,12-13,15-16H,6-10H2,1-4H3,(H,21,22,23)/t12-,13+,15+,16-,18-,19-/m0/s1. The summed E-state index contributed by atoms with van der Waals surface area (Å²) in [4.78, 5) is 23.3. The number of hydrogen-bond acceptors (Lipinski definition) is 6. The van der Waals surface area contributed by atoms with E-state index in [2.05, 4.69) is 32.2 Å². The van der Waals surface area contributed by atoms with E-state index in [0.29, 0.717) is 13.0 Å². The van der Waals surface area contributed by atoms with Crippen LogP contribution in [-0.4, -0.2) is 61.1 Å². The van der Waals surface area contributed by atoms with Gasteiger partial charge in [0.25, 0.3) is 0 Å². The molecule has 1 aliphatic carbocycles. The summed E-state index contributed by atoms with van der Waals surface area (Å²) < 4.78 is 23.2. The van der Waals surface area contributed by atoms with E-state index in [1.807, 2.05) is 0 Å². The van der Waals surface area contributed by atoms with Crippen molar-refractivity contribution in [1.82, 2.24) is 5.32 Å². The normalized spacial score (nSPS) is 39.6. The summed E-state index contributed by atoms with van der Waals surface area (Å²) in [5, 5.41) is 2.11. The summed E-state index contributed by atoms with van der Waals surface area (Å²) in [6.07, 6.45) is 2.78. The summed E-state index contributed by atoms with van der Waals surface area (Å²) in [5.41, 5.74) is 0.574. The summed E-state index contributed by atoms with van der Waals surface area (Å²) in [5.74, 6) is -0.949. The van der Waals surface area contributed by atoms with Crippen molar-refractivity contribution in [3.8, 4) is 0 Å². The number of nitrogens with one attached hydrogen (secondary N) is 1. The average molecular weight is 402 g/mol. The number of amides is 2. The second-order valence-corrected chi connectivity index (χ2v) is 8.27. The fraction of sp³-hybridized carbons (Fsp3) is 0.789. The lowest BCUT2D eigenvalue weighted by Crippen LogP contribution is -2.56. The molecule has 1 N–H and O–H groups in total. The molecular weight excluding hydrogens is 374 g/mol. The van der Waals surface area contributed by atoms with Crippen LogP contribution in [0.3, 0.4) is 0 Å². The molecule has 152 valence electrons. The third kappa shape index (κ3) is 4.16. The Hall–Kier alpha value is -1.15. The van der Waals surface area contributed by atoms with E-state index in [1.165, 1.54) is 5.57 Å². The number of hydrogen-bond donors (Lipinski definition) is 1. The smallest absolute Gasteiger partial charge is 0.414 e. The van der Waals surface area contributed by atoms with Gasteiger partial charge in [0.15, 0.2) is 0 Å². The van der Waals surface area contributed by atoms with Crippen molar-refractivity contribution in [2.75, 3.05) is 19.6 Å².